The molecule has 5 heteroatoms. The van der Waals surface area contributed by atoms with E-state index >= 15 is 0 Å². The summed E-state index contributed by atoms with van der Waals surface area (Å²) in [5.74, 6) is 2.05. The van der Waals surface area contributed by atoms with E-state index in [4.69, 9.17) is 4.74 Å². The van der Waals surface area contributed by atoms with Crippen molar-refractivity contribution in [3.05, 3.63) is 18.2 Å². The number of hydrogen-bond acceptors (Lipinski definition) is 3. The maximum atomic E-state index is 12.0. The molecule has 21 heavy (non-hydrogen) atoms. The number of nitrogens with zero attached hydrogens (tertiary/aromatic N) is 3. The van der Waals surface area contributed by atoms with Gasteiger partial charge in [-0.1, -0.05) is 6.92 Å². The molecule has 2 heterocycles. The molecule has 2 atom stereocenters. The number of ether oxygens (including phenoxy) is 1. The summed E-state index contributed by atoms with van der Waals surface area (Å²) < 4.78 is 7.66. The quantitative estimate of drug-likeness (QED) is 0.860. The lowest BCUT2D eigenvalue weighted by Gasteiger charge is -2.40. The van der Waals surface area contributed by atoms with Gasteiger partial charge in [-0.2, -0.15) is 0 Å². The van der Waals surface area contributed by atoms with E-state index in [9.17, 15) is 4.79 Å². The van der Waals surface area contributed by atoms with Crippen molar-refractivity contribution in [1.82, 2.24) is 14.5 Å². The zero-order chi connectivity index (χ0) is 15.2. The fourth-order valence-corrected chi connectivity index (χ4v) is 2.87. The van der Waals surface area contributed by atoms with Crippen LogP contribution >= 0.6 is 0 Å². The highest BCUT2D eigenvalue weighted by molar-refractivity contribution is 5.69. The Hall–Kier alpha value is -1.52. The molecule has 0 N–H and O–H groups in total. The van der Waals surface area contributed by atoms with Crippen molar-refractivity contribution in [3.63, 3.8) is 0 Å². The predicted octanol–water partition coefficient (Wildman–Crippen LogP) is 2.87. The SMILES string of the molecule is CC1CC1Cn1cncc1C1CN(C(=O)OC(C)(C)C)C1. The topological polar surface area (TPSA) is 47.4 Å². The molecule has 1 aliphatic carbocycles. The second-order valence-corrected chi connectivity index (χ2v) is 7.53. The first-order chi connectivity index (χ1) is 9.83. The fourth-order valence-electron chi connectivity index (χ4n) is 2.87. The second kappa shape index (κ2) is 5.04. The normalized spacial score (nSPS) is 25.6. The summed E-state index contributed by atoms with van der Waals surface area (Å²) in [6, 6.07) is 0. The van der Waals surface area contributed by atoms with E-state index in [-0.39, 0.29) is 6.09 Å². The van der Waals surface area contributed by atoms with Gasteiger partial charge in [0.15, 0.2) is 0 Å². The Morgan fingerprint density at radius 2 is 2.10 bits per heavy atom. The molecular weight excluding hydrogens is 266 g/mol. The molecular formula is C16H25N3O2. The zero-order valence-corrected chi connectivity index (χ0v) is 13.4. The molecule has 0 bridgehead atoms. The maximum Gasteiger partial charge on any atom is 0.410 e. The lowest BCUT2D eigenvalue weighted by molar-refractivity contribution is 0.00756. The molecule has 2 unspecified atom stereocenters. The summed E-state index contributed by atoms with van der Waals surface area (Å²) in [6.45, 7) is 10.5. The second-order valence-electron chi connectivity index (χ2n) is 7.53. The summed E-state index contributed by atoms with van der Waals surface area (Å²) >= 11 is 0. The molecule has 0 aromatic carbocycles. The van der Waals surface area contributed by atoms with E-state index in [0.29, 0.717) is 5.92 Å². The van der Waals surface area contributed by atoms with E-state index in [2.05, 4.69) is 16.5 Å². The van der Waals surface area contributed by atoms with E-state index in [1.807, 2.05) is 33.3 Å². The number of imidazole rings is 1. The highest BCUT2D eigenvalue weighted by Crippen LogP contribution is 2.40. The van der Waals surface area contributed by atoms with Gasteiger partial charge in [-0.25, -0.2) is 9.78 Å². The van der Waals surface area contributed by atoms with Crippen LogP contribution in [0, 0.1) is 11.8 Å². The van der Waals surface area contributed by atoms with Crippen LogP contribution in [0.15, 0.2) is 12.5 Å². The van der Waals surface area contributed by atoms with Gasteiger partial charge in [-0.05, 0) is 39.0 Å². The minimum atomic E-state index is -0.425. The molecule has 1 amide bonds. The number of aromatic nitrogens is 2. The molecule has 116 valence electrons. The summed E-state index contributed by atoms with van der Waals surface area (Å²) in [7, 11) is 0. The van der Waals surface area contributed by atoms with Crippen LogP contribution in [-0.2, 0) is 11.3 Å². The van der Waals surface area contributed by atoms with E-state index < -0.39 is 5.60 Å². The zero-order valence-electron chi connectivity index (χ0n) is 13.4. The molecule has 1 saturated heterocycles. The molecule has 1 aromatic heterocycles. The maximum absolute atomic E-state index is 12.0. The van der Waals surface area contributed by atoms with Gasteiger partial charge in [0.2, 0.25) is 0 Å². The molecule has 2 aliphatic rings. The number of carbonyl (C=O) groups is 1. The van der Waals surface area contributed by atoms with Crippen LogP contribution in [0.1, 0.15) is 45.7 Å². The van der Waals surface area contributed by atoms with Crippen molar-refractivity contribution >= 4 is 6.09 Å². The standard InChI is InChI=1S/C16H25N3O2/c1-11-5-12(11)7-19-10-17-6-14(19)13-8-18(9-13)15(20)21-16(2,3)4/h6,10-13H,5,7-9H2,1-4H3. The Bertz CT molecular complexity index is 526. The van der Waals surface area contributed by atoms with Gasteiger partial charge in [-0.15, -0.1) is 0 Å². The summed E-state index contributed by atoms with van der Waals surface area (Å²) in [4.78, 5) is 18.0. The van der Waals surface area contributed by atoms with Crippen molar-refractivity contribution in [1.29, 1.82) is 0 Å². The highest BCUT2D eigenvalue weighted by Gasteiger charge is 2.38. The van der Waals surface area contributed by atoms with Crippen molar-refractivity contribution < 1.29 is 9.53 Å². The van der Waals surface area contributed by atoms with Crippen molar-refractivity contribution in [2.45, 2.75) is 52.2 Å². The third-order valence-corrected chi connectivity index (χ3v) is 4.40. The van der Waals surface area contributed by atoms with Crippen LogP contribution in [0.25, 0.3) is 0 Å². The van der Waals surface area contributed by atoms with Crippen molar-refractivity contribution in [2.24, 2.45) is 11.8 Å². The van der Waals surface area contributed by atoms with E-state index in [1.165, 1.54) is 12.1 Å². The lowest BCUT2D eigenvalue weighted by Crippen LogP contribution is -2.50. The highest BCUT2D eigenvalue weighted by atomic mass is 16.6. The molecule has 0 radical (unpaired) electrons. The van der Waals surface area contributed by atoms with Gasteiger partial charge in [-0.3, -0.25) is 0 Å². The molecule has 0 spiro atoms. The Morgan fingerprint density at radius 1 is 1.43 bits per heavy atom. The fraction of sp³-hybridized carbons (Fsp3) is 0.750. The van der Waals surface area contributed by atoms with Gasteiger partial charge in [0.25, 0.3) is 0 Å². The summed E-state index contributed by atoms with van der Waals surface area (Å²) in [5, 5.41) is 0. The first-order valence-electron chi connectivity index (χ1n) is 7.81. The smallest absolute Gasteiger partial charge is 0.410 e. The third kappa shape index (κ3) is 3.22. The van der Waals surface area contributed by atoms with Crippen LogP contribution in [0.3, 0.4) is 0 Å². The Kier molecular flexibility index (Phi) is 3.46. The van der Waals surface area contributed by atoms with Gasteiger partial charge < -0.3 is 14.2 Å². The van der Waals surface area contributed by atoms with Crippen LogP contribution in [0.5, 0.6) is 0 Å². The van der Waals surface area contributed by atoms with Crippen LogP contribution in [0.4, 0.5) is 4.79 Å². The molecule has 1 aromatic rings. The molecule has 2 fully saturated rings. The number of likely N-dealkylation sites (tertiary alicyclic amines) is 1. The Morgan fingerprint density at radius 3 is 2.67 bits per heavy atom. The van der Waals surface area contributed by atoms with E-state index in [0.717, 1.165) is 31.5 Å². The van der Waals surface area contributed by atoms with Crippen molar-refractivity contribution in [3.8, 4) is 0 Å². The Labute approximate surface area is 126 Å². The minimum Gasteiger partial charge on any atom is -0.444 e. The number of amides is 1. The lowest BCUT2D eigenvalue weighted by atomic mass is 9.97. The van der Waals surface area contributed by atoms with Gasteiger partial charge in [0.1, 0.15) is 5.60 Å². The molecule has 3 rings (SSSR count). The Balaban J connectivity index is 1.54. The first-order valence-corrected chi connectivity index (χ1v) is 7.81. The van der Waals surface area contributed by atoms with Gasteiger partial charge in [0, 0.05) is 37.4 Å². The summed E-state index contributed by atoms with van der Waals surface area (Å²) in [6.07, 6.45) is 4.99. The van der Waals surface area contributed by atoms with Crippen molar-refractivity contribution in [2.75, 3.05) is 13.1 Å². The number of carbonyl (C=O) groups excluding carboxylic acids is 1. The largest absolute Gasteiger partial charge is 0.444 e. The average molecular weight is 291 g/mol. The molecule has 5 nitrogen and oxygen atoms in total. The average Bonchev–Trinajstić information content (AvgIpc) is 2.80. The molecule has 1 aliphatic heterocycles. The van der Waals surface area contributed by atoms with Crippen LogP contribution < -0.4 is 0 Å². The number of rotatable bonds is 3. The van der Waals surface area contributed by atoms with Crippen LogP contribution in [-0.4, -0.2) is 39.2 Å². The minimum absolute atomic E-state index is 0.208. The van der Waals surface area contributed by atoms with Gasteiger partial charge in [0.05, 0.1) is 6.33 Å². The predicted molar refractivity (Wildman–Crippen MR) is 80.0 cm³/mol. The van der Waals surface area contributed by atoms with Gasteiger partial charge >= 0.3 is 6.09 Å². The monoisotopic (exact) mass is 291 g/mol. The first kappa shape index (κ1) is 14.4. The molecule has 1 saturated carbocycles. The summed E-state index contributed by atoms with van der Waals surface area (Å²) in [5.41, 5.74) is 0.834. The van der Waals surface area contributed by atoms with E-state index in [1.54, 1.807) is 4.90 Å². The van der Waals surface area contributed by atoms with Crippen LogP contribution in [0.2, 0.25) is 0 Å². The number of hydrogen-bond donors (Lipinski definition) is 0. The third-order valence-electron chi connectivity index (χ3n) is 4.40.